The van der Waals surface area contributed by atoms with Gasteiger partial charge < -0.3 is 0 Å². The first-order valence-corrected chi connectivity index (χ1v) is 6.05. The van der Waals surface area contributed by atoms with E-state index in [1.54, 1.807) is 30.6 Å². The summed E-state index contributed by atoms with van der Waals surface area (Å²) < 4.78 is 0. The van der Waals surface area contributed by atoms with Gasteiger partial charge in [-0.25, -0.2) is 15.1 Å². The van der Waals surface area contributed by atoms with Crippen molar-refractivity contribution in [3.63, 3.8) is 0 Å². The van der Waals surface area contributed by atoms with Crippen LogP contribution in [0.1, 0.15) is 5.69 Å². The van der Waals surface area contributed by atoms with Crippen molar-refractivity contribution in [2.45, 2.75) is 0 Å². The number of nitrogens with one attached hydrogen (secondary N) is 1. The predicted molar refractivity (Wildman–Crippen MR) is 72.6 cm³/mol. The van der Waals surface area contributed by atoms with E-state index in [-0.39, 0.29) is 5.69 Å². The number of aromatic amines is 1. The molecule has 2 heterocycles. The summed E-state index contributed by atoms with van der Waals surface area (Å²) in [6.45, 7) is 0. The molecule has 3 rings (SSSR count). The van der Waals surface area contributed by atoms with Crippen LogP contribution in [-0.4, -0.2) is 25.4 Å². The van der Waals surface area contributed by atoms with Crippen molar-refractivity contribution in [2.75, 3.05) is 0 Å². The molecule has 0 amide bonds. The third kappa shape index (κ3) is 2.22. The molecule has 96 valence electrons. The molecule has 0 radical (unpaired) electrons. The summed E-state index contributed by atoms with van der Waals surface area (Å²) in [5.41, 5.74) is 2.17. The normalized spacial score (nSPS) is 10.2. The molecule has 0 atom stereocenters. The molecule has 1 aromatic carbocycles. The molecule has 20 heavy (non-hydrogen) atoms. The third-order valence-corrected chi connectivity index (χ3v) is 2.87. The van der Waals surface area contributed by atoms with Crippen LogP contribution in [0.3, 0.4) is 0 Å². The lowest BCUT2D eigenvalue weighted by atomic mass is 10.1. The van der Waals surface area contributed by atoms with E-state index >= 15 is 0 Å². The highest BCUT2D eigenvalue weighted by molar-refractivity contribution is 6.31. The Hall–Kier alpha value is -2.78. The van der Waals surface area contributed by atoms with Gasteiger partial charge in [0.15, 0.2) is 11.5 Å². The Morgan fingerprint density at radius 2 is 1.85 bits per heavy atom. The van der Waals surface area contributed by atoms with Gasteiger partial charge in [-0.05, 0) is 24.3 Å². The number of rotatable bonds is 2. The van der Waals surface area contributed by atoms with Gasteiger partial charge in [-0.3, -0.25) is 0 Å². The van der Waals surface area contributed by atoms with E-state index in [9.17, 15) is 0 Å². The highest BCUT2D eigenvalue weighted by atomic mass is 35.5. The number of nitriles is 1. The van der Waals surface area contributed by atoms with Crippen LogP contribution in [0.25, 0.3) is 22.6 Å². The molecule has 0 aliphatic heterocycles. The molecule has 7 heteroatoms. The quantitative estimate of drug-likeness (QED) is 0.779. The van der Waals surface area contributed by atoms with Crippen molar-refractivity contribution in [1.82, 2.24) is 25.4 Å². The van der Waals surface area contributed by atoms with Crippen molar-refractivity contribution in [1.29, 1.82) is 5.26 Å². The Balaban J connectivity index is 2.15. The second kappa shape index (κ2) is 5.07. The lowest BCUT2D eigenvalue weighted by molar-refractivity contribution is 0.937. The van der Waals surface area contributed by atoms with Gasteiger partial charge in [0, 0.05) is 28.5 Å². The highest BCUT2D eigenvalue weighted by Crippen LogP contribution is 2.28. The average molecular weight is 283 g/mol. The number of benzene rings is 1. The van der Waals surface area contributed by atoms with Gasteiger partial charge in [-0.1, -0.05) is 16.8 Å². The second-order valence-corrected chi connectivity index (χ2v) is 4.38. The molecule has 0 unspecified atom stereocenters. The Kier molecular flexibility index (Phi) is 3.11. The number of aromatic nitrogens is 5. The minimum absolute atomic E-state index is 0.284. The van der Waals surface area contributed by atoms with Crippen molar-refractivity contribution in [2.24, 2.45) is 0 Å². The van der Waals surface area contributed by atoms with Crippen molar-refractivity contribution >= 4 is 11.6 Å². The zero-order valence-electron chi connectivity index (χ0n) is 10.1. The Bertz CT molecular complexity index is 790. The molecule has 0 fully saturated rings. The third-order valence-electron chi connectivity index (χ3n) is 2.66. The standard InChI is InChI=1S/C13H7ClN6/c14-10-5-8(12-11(7-15)18-20-19-12)4-9(6-10)13-16-2-1-3-17-13/h1-6H,(H,18,19,20). The van der Waals surface area contributed by atoms with E-state index < -0.39 is 0 Å². The molecule has 0 aliphatic rings. The molecular formula is C13H7ClN6. The number of hydrogen-bond donors (Lipinski definition) is 1. The summed E-state index contributed by atoms with van der Waals surface area (Å²) in [4.78, 5) is 8.35. The molecule has 0 saturated carbocycles. The van der Waals surface area contributed by atoms with Crippen LogP contribution in [0, 0.1) is 11.3 Å². The highest BCUT2D eigenvalue weighted by Gasteiger charge is 2.12. The topological polar surface area (TPSA) is 91.1 Å². The Morgan fingerprint density at radius 1 is 1.10 bits per heavy atom. The van der Waals surface area contributed by atoms with Crippen LogP contribution in [-0.2, 0) is 0 Å². The number of hydrogen-bond acceptors (Lipinski definition) is 5. The summed E-state index contributed by atoms with van der Waals surface area (Å²) in [6, 6.07) is 9.03. The SMILES string of the molecule is N#Cc1[nH]nnc1-c1cc(Cl)cc(-c2ncccn2)c1. The first kappa shape index (κ1) is 12.3. The maximum Gasteiger partial charge on any atom is 0.163 e. The van der Waals surface area contributed by atoms with Crippen LogP contribution in [0.2, 0.25) is 5.02 Å². The van der Waals surface area contributed by atoms with Gasteiger partial charge in [0.05, 0.1) is 0 Å². The number of H-pyrrole nitrogens is 1. The smallest absolute Gasteiger partial charge is 0.163 e. The summed E-state index contributed by atoms with van der Waals surface area (Å²) in [5, 5.41) is 19.6. The van der Waals surface area contributed by atoms with Gasteiger partial charge in [-0.15, -0.1) is 5.10 Å². The molecule has 1 N–H and O–H groups in total. The Labute approximate surface area is 119 Å². The predicted octanol–water partition coefficient (Wildman–Crippen LogP) is 2.45. The van der Waals surface area contributed by atoms with Crippen LogP contribution < -0.4 is 0 Å². The van der Waals surface area contributed by atoms with Crippen molar-refractivity contribution in [3.05, 3.63) is 47.4 Å². The second-order valence-electron chi connectivity index (χ2n) is 3.95. The lowest BCUT2D eigenvalue weighted by Crippen LogP contribution is -1.89. The van der Waals surface area contributed by atoms with Crippen LogP contribution >= 0.6 is 11.6 Å². The van der Waals surface area contributed by atoms with Crippen molar-refractivity contribution in [3.8, 4) is 28.7 Å². The molecule has 0 saturated heterocycles. The minimum atomic E-state index is 0.284. The summed E-state index contributed by atoms with van der Waals surface area (Å²) >= 11 is 6.12. The first-order valence-electron chi connectivity index (χ1n) is 5.67. The first-order chi connectivity index (χ1) is 9.78. The fourth-order valence-corrected chi connectivity index (χ4v) is 2.05. The molecule has 2 aromatic heterocycles. The maximum absolute atomic E-state index is 9.01. The van der Waals surface area contributed by atoms with E-state index in [4.69, 9.17) is 16.9 Å². The van der Waals surface area contributed by atoms with E-state index in [0.717, 1.165) is 5.56 Å². The van der Waals surface area contributed by atoms with Gasteiger partial charge in [0.2, 0.25) is 0 Å². The molecule has 0 spiro atoms. The van der Waals surface area contributed by atoms with Gasteiger partial charge >= 0.3 is 0 Å². The summed E-state index contributed by atoms with van der Waals surface area (Å²) in [7, 11) is 0. The van der Waals surface area contributed by atoms with E-state index in [1.807, 2.05) is 12.1 Å². The van der Waals surface area contributed by atoms with Gasteiger partial charge in [-0.2, -0.15) is 5.26 Å². The number of nitrogens with zero attached hydrogens (tertiary/aromatic N) is 5. The minimum Gasteiger partial charge on any atom is -0.247 e. The van der Waals surface area contributed by atoms with Gasteiger partial charge in [0.25, 0.3) is 0 Å². The average Bonchev–Trinajstić information content (AvgIpc) is 2.96. The van der Waals surface area contributed by atoms with Crippen molar-refractivity contribution < 1.29 is 0 Å². The van der Waals surface area contributed by atoms with E-state index in [0.29, 0.717) is 22.1 Å². The molecule has 0 aliphatic carbocycles. The lowest BCUT2D eigenvalue weighted by Gasteiger charge is -2.04. The zero-order valence-corrected chi connectivity index (χ0v) is 10.8. The molecule has 6 nitrogen and oxygen atoms in total. The molecular weight excluding hydrogens is 276 g/mol. The summed E-state index contributed by atoms with van der Waals surface area (Å²) in [5.74, 6) is 0.554. The van der Waals surface area contributed by atoms with Crippen LogP contribution in [0.5, 0.6) is 0 Å². The Morgan fingerprint density at radius 3 is 2.60 bits per heavy atom. The summed E-state index contributed by atoms with van der Waals surface area (Å²) in [6.07, 6.45) is 3.30. The van der Waals surface area contributed by atoms with E-state index in [2.05, 4.69) is 25.4 Å². The van der Waals surface area contributed by atoms with E-state index in [1.165, 1.54) is 0 Å². The monoisotopic (exact) mass is 282 g/mol. The largest absolute Gasteiger partial charge is 0.247 e. The maximum atomic E-state index is 9.01. The van der Waals surface area contributed by atoms with Gasteiger partial charge in [0.1, 0.15) is 11.8 Å². The van der Waals surface area contributed by atoms with Crippen LogP contribution in [0.15, 0.2) is 36.7 Å². The number of halogens is 1. The zero-order chi connectivity index (χ0) is 13.9. The fraction of sp³-hybridized carbons (Fsp3) is 0. The molecule has 3 aromatic rings. The fourth-order valence-electron chi connectivity index (χ4n) is 1.81. The van der Waals surface area contributed by atoms with Crippen LogP contribution in [0.4, 0.5) is 0 Å². The molecule has 0 bridgehead atoms.